The highest BCUT2D eigenvalue weighted by Crippen LogP contribution is 2.24. The maximum Gasteiger partial charge on any atom is 0.242 e. The second kappa shape index (κ2) is 10.2. The van der Waals surface area contributed by atoms with Crippen molar-refractivity contribution in [3.63, 3.8) is 0 Å². The lowest BCUT2D eigenvalue weighted by Gasteiger charge is -2.17. The van der Waals surface area contributed by atoms with E-state index in [2.05, 4.69) is 10.4 Å². The summed E-state index contributed by atoms with van der Waals surface area (Å²) >= 11 is 0. The Morgan fingerprint density at radius 2 is 1.70 bits per heavy atom. The molecular weight excluding hydrogens is 440 g/mol. The van der Waals surface area contributed by atoms with Gasteiger partial charge in [0, 0.05) is 20.0 Å². The summed E-state index contributed by atoms with van der Waals surface area (Å²) in [6, 6.07) is 14.2. The lowest BCUT2D eigenvalue weighted by atomic mass is 10.2. The van der Waals surface area contributed by atoms with Crippen LogP contribution in [0.1, 0.15) is 29.8 Å². The van der Waals surface area contributed by atoms with E-state index < -0.39 is 10.0 Å². The van der Waals surface area contributed by atoms with Gasteiger partial charge in [-0.05, 0) is 63.6 Å². The lowest BCUT2D eigenvalue weighted by Crippen LogP contribution is -2.28. The number of aryl methyl sites for hydroxylation is 2. The van der Waals surface area contributed by atoms with Crippen LogP contribution in [-0.2, 0) is 14.8 Å². The summed E-state index contributed by atoms with van der Waals surface area (Å²) in [6.45, 7) is 6.01. The van der Waals surface area contributed by atoms with Gasteiger partial charge in [0.1, 0.15) is 5.75 Å². The highest BCUT2D eigenvalue weighted by molar-refractivity contribution is 7.89. The monoisotopic (exact) mass is 470 g/mol. The van der Waals surface area contributed by atoms with Crippen molar-refractivity contribution in [2.45, 2.75) is 38.5 Å². The second-order valence-corrected chi connectivity index (χ2v) is 9.99. The summed E-state index contributed by atoms with van der Waals surface area (Å²) in [7, 11) is -0.596. The maximum atomic E-state index is 12.7. The van der Waals surface area contributed by atoms with Gasteiger partial charge >= 0.3 is 0 Å². The van der Waals surface area contributed by atoms with Gasteiger partial charge in [-0.15, -0.1) is 0 Å². The molecule has 176 valence electrons. The van der Waals surface area contributed by atoms with Crippen LogP contribution in [0.3, 0.4) is 0 Å². The highest BCUT2D eigenvalue weighted by atomic mass is 32.2. The van der Waals surface area contributed by atoms with Gasteiger partial charge in [0.15, 0.2) is 0 Å². The third-order valence-electron chi connectivity index (χ3n) is 5.48. The van der Waals surface area contributed by atoms with E-state index in [4.69, 9.17) is 4.74 Å². The zero-order chi connectivity index (χ0) is 24.2. The number of hydrogen-bond acceptors (Lipinski definition) is 5. The number of ether oxygens (including phenoxy) is 1. The van der Waals surface area contributed by atoms with Crippen molar-refractivity contribution in [1.29, 1.82) is 0 Å². The van der Waals surface area contributed by atoms with Crippen LogP contribution in [0.25, 0.3) is 5.69 Å². The normalized spacial score (nSPS) is 11.6. The molecule has 0 atom stereocenters. The van der Waals surface area contributed by atoms with Gasteiger partial charge in [0.2, 0.25) is 15.9 Å². The molecule has 0 aliphatic heterocycles. The number of carbonyl (C=O) groups is 1. The molecule has 9 heteroatoms. The quantitative estimate of drug-likeness (QED) is 0.513. The Hall–Kier alpha value is -3.17. The molecule has 0 bridgehead atoms. The Bertz CT molecular complexity index is 1220. The Morgan fingerprint density at radius 1 is 1.06 bits per heavy atom. The Kier molecular flexibility index (Phi) is 7.55. The van der Waals surface area contributed by atoms with Crippen molar-refractivity contribution in [3.8, 4) is 11.4 Å². The van der Waals surface area contributed by atoms with Gasteiger partial charge in [-0.3, -0.25) is 4.79 Å². The molecule has 3 aromatic rings. The molecule has 3 rings (SSSR count). The highest BCUT2D eigenvalue weighted by Gasteiger charge is 2.21. The van der Waals surface area contributed by atoms with Crippen LogP contribution in [-0.4, -0.2) is 49.1 Å². The van der Waals surface area contributed by atoms with Crippen molar-refractivity contribution in [1.82, 2.24) is 14.1 Å². The zero-order valence-corrected chi connectivity index (χ0v) is 20.4. The van der Waals surface area contributed by atoms with Gasteiger partial charge in [0.05, 0.1) is 34.8 Å². The van der Waals surface area contributed by atoms with Crippen molar-refractivity contribution >= 4 is 21.6 Å². The zero-order valence-electron chi connectivity index (χ0n) is 19.6. The van der Waals surface area contributed by atoms with E-state index in [1.165, 1.54) is 30.6 Å². The van der Waals surface area contributed by atoms with Crippen LogP contribution in [0.5, 0.6) is 5.75 Å². The van der Waals surface area contributed by atoms with E-state index in [9.17, 15) is 13.2 Å². The summed E-state index contributed by atoms with van der Waals surface area (Å²) in [5, 5.41) is 7.49. The molecule has 0 saturated carbocycles. The number of carbonyl (C=O) groups excluding carboxylic acids is 1. The smallest absolute Gasteiger partial charge is 0.242 e. The average Bonchev–Trinajstić information content (AvgIpc) is 3.07. The van der Waals surface area contributed by atoms with Gasteiger partial charge in [0.25, 0.3) is 0 Å². The van der Waals surface area contributed by atoms with Crippen LogP contribution in [0.4, 0.5) is 5.69 Å². The fourth-order valence-electron chi connectivity index (χ4n) is 3.47. The van der Waals surface area contributed by atoms with Crippen LogP contribution < -0.4 is 10.1 Å². The molecule has 1 aromatic heterocycles. The van der Waals surface area contributed by atoms with E-state index in [0.29, 0.717) is 17.9 Å². The predicted molar refractivity (Wildman–Crippen MR) is 128 cm³/mol. The lowest BCUT2D eigenvalue weighted by molar-refractivity contribution is -0.116. The first-order chi connectivity index (χ1) is 15.6. The molecule has 0 saturated heterocycles. The number of amides is 1. The van der Waals surface area contributed by atoms with Gasteiger partial charge in [-0.2, -0.15) is 5.10 Å². The molecule has 0 radical (unpaired) electrons. The van der Waals surface area contributed by atoms with Crippen molar-refractivity contribution < 1.29 is 17.9 Å². The number of hydrogen-bond donors (Lipinski definition) is 1. The van der Waals surface area contributed by atoms with E-state index in [1.807, 2.05) is 45.0 Å². The standard InChI is InChI=1S/C24H30N4O4S/c1-17-8-10-20(11-9-17)28-19(3)24(18(2)26-28)25-23(29)7-6-16-27(4)33(30,31)22-14-12-21(32-5)13-15-22/h8-15H,6-7,16H2,1-5H3,(H,25,29). The molecule has 2 aromatic carbocycles. The minimum Gasteiger partial charge on any atom is -0.497 e. The number of aromatic nitrogens is 2. The molecule has 0 aliphatic carbocycles. The fraction of sp³-hybridized carbons (Fsp3) is 0.333. The van der Waals surface area contributed by atoms with Crippen LogP contribution in [0.15, 0.2) is 53.4 Å². The molecule has 0 spiro atoms. The number of benzene rings is 2. The first-order valence-electron chi connectivity index (χ1n) is 10.7. The SMILES string of the molecule is COc1ccc(S(=O)(=O)N(C)CCCC(=O)Nc2c(C)nn(-c3ccc(C)cc3)c2C)cc1. The van der Waals surface area contributed by atoms with Crippen LogP contribution in [0, 0.1) is 20.8 Å². The van der Waals surface area contributed by atoms with E-state index in [1.54, 1.807) is 16.8 Å². The summed E-state index contributed by atoms with van der Waals surface area (Å²) in [4.78, 5) is 12.7. The molecule has 1 amide bonds. The largest absolute Gasteiger partial charge is 0.497 e. The summed E-state index contributed by atoms with van der Waals surface area (Å²) in [6.07, 6.45) is 0.582. The number of rotatable bonds is 9. The third-order valence-corrected chi connectivity index (χ3v) is 7.35. The molecule has 0 aliphatic rings. The molecule has 1 N–H and O–H groups in total. The Labute approximate surface area is 195 Å². The Balaban J connectivity index is 1.58. The van der Waals surface area contributed by atoms with Crippen molar-refractivity contribution in [2.75, 3.05) is 26.0 Å². The number of methoxy groups -OCH3 is 1. The van der Waals surface area contributed by atoms with Gasteiger partial charge < -0.3 is 10.1 Å². The first-order valence-corrected chi connectivity index (χ1v) is 12.1. The van der Waals surface area contributed by atoms with Crippen LogP contribution >= 0.6 is 0 Å². The molecule has 8 nitrogen and oxygen atoms in total. The summed E-state index contributed by atoms with van der Waals surface area (Å²) in [5.41, 5.74) is 4.32. The number of anilines is 1. The van der Waals surface area contributed by atoms with Crippen molar-refractivity contribution in [3.05, 3.63) is 65.5 Å². The number of nitrogens with one attached hydrogen (secondary N) is 1. The molecule has 0 unspecified atom stereocenters. The third kappa shape index (κ3) is 5.61. The molecule has 1 heterocycles. The molecule has 0 fully saturated rings. The van der Waals surface area contributed by atoms with Crippen molar-refractivity contribution in [2.24, 2.45) is 0 Å². The molecule has 33 heavy (non-hydrogen) atoms. The van der Waals surface area contributed by atoms with Gasteiger partial charge in [-0.25, -0.2) is 17.4 Å². The summed E-state index contributed by atoms with van der Waals surface area (Å²) in [5.74, 6) is 0.407. The summed E-state index contributed by atoms with van der Waals surface area (Å²) < 4.78 is 33.6. The second-order valence-electron chi connectivity index (χ2n) is 7.95. The van der Waals surface area contributed by atoms with E-state index in [0.717, 1.165) is 22.6 Å². The predicted octanol–water partition coefficient (Wildman–Crippen LogP) is 3.85. The van der Waals surface area contributed by atoms with E-state index in [-0.39, 0.29) is 23.8 Å². The molecular formula is C24H30N4O4S. The fourth-order valence-corrected chi connectivity index (χ4v) is 4.68. The minimum absolute atomic E-state index is 0.181. The number of sulfonamides is 1. The Morgan fingerprint density at radius 3 is 2.30 bits per heavy atom. The average molecular weight is 471 g/mol. The van der Waals surface area contributed by atoms with Gasteiger partial charge in [-0.1, -0.05) is 17.7 Å². The number of nitrogens with zero attached hydrogens (tertiary/aromatic N) is 3. The van der Waals surface area contributed by atoms with E-state index >= 15 is 0 Å². The maximum absolute atomic E-state index is 12.7. The van der Waals surface area contributed by atoms with Crippen LogP contribution in [0.2, 0.25) is 0 Å². The topological polar surface area (TPSA) is 93.5 Å². The minimum atomic E-state index is -3.63. The first kappa shape index (κ1) is 24.5.